The highest BCUT2D eigenvalue weighted by atomic mass is 79.9. The van der Waals surface area contributed by atoms with E-state index in [9.17, 15) is 0 Å². The van der Waals surface area contributed by atoms with Gasteiger partial charge in [0.15, 0.2) is 12.1 Å². The van der Waals surface area contributed by atoms with Crippen molar-refractivity contribution < 1.29 is 0 Å². The molecule has 0 saturated heterocycles. The second-order valence-electron chi connectivity index (χ2n) is 2.37. The van der Waals surface area contributed by atoms with E-state index >= 15 is 0 Å². The summed E-state index contributed by atoms with van der Waals surface area (Å²) in [6.45, 7) is 0. The molecule has 0 amide bonds. The monoisotopic (exact) mass is 250 g/mol. The van der Waals surface area contributed by atoms with E-state index in [1.54, 1.807) is 12.1 Å². The van der Waals surface area contributed by atoms with E-state index in [2.05, 4.69) is 36.3 Å². The molecule has 2 rings (SSSR count). The van der Waals surface area contributed by atoms with Crippen LogP contribution in [-0.2, 0) is 0 Å². The number of aromatic nitrogens is 5. The molecule has 68 valence electrons. The highest BCUT2D eigenvalue weighted by molar-refractivity contribution is 9.10. The van der Waals surface area contributed by atoms with Gasteiger partial charge in [-0.05, 0) is 17.3 Å². The van der Waals surface area contributed by atoms with Crippen LogP contribution >= 0.6 is 15.9 Å². The molecule has 0 N–H and O–H groups in total. The fourth-order valence-electron chi connectivity index (χ4n) is 0.915. The fraction of sp³-hybridized carbons (Fsp3) is 0. The van der Waals surface area contributed by atoms with Crippen LogP contribution in [0.3, 0.4) is 0 Å². The molecule has 0 aliphatic heterocycles. The average Bonchev–Trinajstić information content (AvgIpc) is 2.69. The van der Waals surface area contributed by atoms with Crippen molar-refractivity contribution in [2.45, 2.75) is 0 Å². The Labute approximate surface area is 87.3 Å². The number of halogens is 1. The third-order valence-corrected chi connectivity index (χ3v) is 1.90. The third kappa shape index (κ3) is 1.60. The maximum atomic E-state index is 8.68. The molecule has 2 aromatic rings. The zero-order chi connectivity index (χ0) is 9.97. The lowest BCUT2D eigenvalue weighted by Crippen LogP contribution is -2.02. The Morgan fingerprint density at radius 3 is 2.93 bits per heavy atom. The first-order chi connectivity index (χ1) is 6.79. The van der Waals surface area contributed by atoms with Crippen LogP contribution in [0.1, 0.15) is 5.69 Å². The molecule has 0 aliphatic rings. The van der Waals surface area contributed by atoms with E-state index < -0.39 is 0 Å². The molecule has 2 aromatic heterocycles. The van der Waals surface area contributed by atoms with E-state index in [1.807, 2.05) is 6.07 Å². The van der Waals surface area contributed by atoms with Crippen molar-refractivity contribution in [2.24, 2.45) is 0 Å². The normalized spacial score (nSPS) is 9.71. The summed E-state index contributed by atoms with van der Waals surface area (Å²) in [7, 11) is 0. The van der Waals surface area contributed by atoms with Crippen LogP contribution in [0.15, 0.2) is 22.9 Å². The van der Waals surface area contributed by atoms with Crippen molar-refractivity contribution in [2.75, 3.05) is 0 Å². The van der Waals surface area contributed by atoms with Gasteiger partial charge in [0.1, 0.15) is 11.8 Å². The minimum Gasteiger partial charge on any atom is -0.216 e. The number of hydrogen-bond donors (Lipinski definition) is 0. The van der Waals surface area contributed by atoms with E-state index in [-0.39, 0.29) is 0 Å². The zero-order valence-corrected chi connectivity index (χ0v) is 8.38. The Morgan fingerprint density at radius 1 is 1.43 bits per heavy atom. The Hall–Kier alpha value is -1.81. The second kappa shape index (κ2) is 3.51. The van der Waals surface area contributed by atoms with Gasteiger partial charge in [0.2, 0.25) is 0 Å². The second-order valence-corrected chi connectivity index (χ2v) is 3.28. The van der Waals surface area contributed by atoms with Gasteiger partial charge in [-0.3, -0.25) is 0 Å². The van der Waals surface area contributed by atoms with E-state index in [1.165, 1.54) is 11.1 Å². The summed E-state index contributed by atoms with van der Waals surface area (Å²) in [6.07, 6.45) is 1.30. The molecule has 7 heteroatoms. The van der Waals surface area contributed by atoms with E-state index in [0.717, 1.165) is 4.47 Å². The predicted molar refractivity (Wildman–Crippen MR) is 49.4 cm³/mol. The number of hydrogen-bond acceptors (Lipinski definition) is 5. The molecule has 0 aliphatic carbocycles. The van der Waals surface area contributed by atoms with Gasteiger partial charge in [-0.1, -0.05) is 15.9 Å². The van der Waals surface area contributed by atoms with Crippen molar-refractivity contribution in [1.82, 2.24) is 25.2 Å². The van der Waals surface area contributed by atoms with Gasteiger partial charge in [0.25, 0.3) is 0 Å². The molecule has 0 fully saturated rings. The maximum absolute atomic E-state index is 8.68. The molecule has 14 heavy (non-hydrogen) atoms. The Kier molecular flexibility index (Phi) is 2.20. The van der Waals surface area contributed by atoms with Crippen molar-refractivity contribution in [3.8, 4) is 11.9 Å². The summed E-state index contributed by atoms with van der Waals surface area (Å²) in [4.78, 5) is 5.24. The van der Waals surface area contributed by atoms with Crippen molar-refractivity contribution in [3.05, 3.63) is 28.6 Å². The summed E-state index contributed by atoms with van der Waals surface area (Å²) >= 11 is 3.26. The zero-order valence-electron chi connectivity index (χ0n) is 6.79. The van der Waals surface area contributed by atoms with Gasteiger partial charge in [-0.15, -0.1) is 15.0 Å². The van der Waals surface area contributed by atoms with Crippen molar-refractivity contribution in [3.63, 3.8) is 0 Å². The Bertz CT molecular complexity index is 485. The maximum Gasteiger partial charge on any atom is 0.178 e. The molecule has 0 saturated carbocycles. The molecule has 2 heterocycles. The number of nitriles is 1. The highest BCUT2D eigenvalue weighted by Gasteiger charge is 2.03. The quantitative estimate of drug-likeness (QED) is 0.744. The topological polar surface area (TPSA) is 80.3 Å². The first kappa shape index (κ1) is 8.77. The number of pyridine rings is 1. The van der Waals surface area contributed by atoms with Gasteiger partial charge in [0, 0.05) is 4.47 Å². The predicted octanol–water partition coefficient (Wildman–Crippen LogP) is 0.691. The standard InChI is InChI=1S/C7H3BrN6/c8-5-1-6(3-9)12-7(2-5)14-11-4-10-13-14/h1-2,4H. The van der Waals surface area contributed by atoms with Crippen LogP contribution in [-0.4, -0.2) is 25.2 Å². The summed E-state index contributed by atoms with van der Waals surface area (Å²) in [6, 6.07) is 5.25. The molecular formula is C7H3BrN6. The van der Waals surface area contributed by atoms with Gasteiger partial charge < -0.3 is 0 Å². The third-order valence-electron chi connectivity index (χ3n) is 1.45. The lowest BCUT2D eigenvalue weighted by atomic mass is 10.4. The Morgan fingerprint density at radius 2 is 2.29 bits per heavy atom. The SMILES string of the molecule is N#Cc1cc(Br)cc(-n2ncnn2)n1. The van der Waals surface area contributed by atoms with Crippen LogP contribution in [0.4, 0.5) is 0 Å². The first-order valence-electron chi connectivity index (χ1n) is 3.60. The van der Waals surface area contributed by atoms with Crippen LogP contribution in [0.2, 0.25) is 0 Å². The summed E-state index contributed by atoms with van der Waals surface area (Å²) < 4.78 is 0.747. The van der Waals surface area contributed by atoms with Crippen LogP contribution < -0.4 is 0 Å². The van der Waals surface area contributed by atoms with Crippen molar-refractivity contribution in [1.29, 1.82) is 5.26 Å². The largest absolute Gasteiger partial charge is 0.216 e. The van der Waals surface area contributed by atoms with E-state index in [0.29, 0.717) is 11.5 Å². The summed E-state index contributed by atoms with van der Waals surface area (Å²) in [5.41, 5.74) is 0.298. The molecule has 6 nitrogen and oxygen atoms in total. The summed E-state index contributed by atoms with van der Waals surface area (Å²) in [5.74, 6) is 0.452. The van der Waals surface area contributed by atoms with Gasteiger partial charge >= 0.3 is 0 Å². The average molecular weight is 251 g/mol. The number of rotatable bonds is 1. The van der Waals surface area contributed by atoms with Crippen LogP contribution in [0.5, 0.6) is 0 Å². The summed E-state index contributed by atoms with van der Waals surface area (Å²) in [5, 5.41) is 19.7. The van der Waals surface area contributed by atoms with Crippen molar-refractivity contribution >= 4 is 15.9 Å². The molecule has 0 atom stereocenters. The van der Waals surface area contributed by atoms with Crippen LogP contribution in [0, 0.1) is 11.3 Å². The number of tetrazole rings is 1. The molecular weight excluding hydrogens is 248 g/mol. The molecule has 0 unspecified atom stereocenters. The van der Waals surface area contributed by atoms with Gasteiger partial charge in [-0.2, -0.15) is 5.26 Å². The molecule has 0 bridgehead atoms. The van der Waals surface area contributed by atoms with Gasteiger partial charge in [0.05, 0.1) is 0 Å². The fourth-order valence-corrected chi connectivity index (χ4v) is 1.34. The molecule has 0 spiro atoms. The smallest absolute Gasteiger partial charge is 0.178 e. The highest BCUT2D eigenvalue weighted by Crippen LogP contribution is 2.13. The lowest BCUT2D eigenvalue weighted by molar-refractivity contribution is 0.699. The number of nitrogens with zero attached hydrogens (tertiary/aromatic N) is 6. The minimum absolute atomic E-state index is 0.298. The Balaban J connectivity index is 2.55. The molecule has 0 aromatic carbocycles. The molecule has 0 radical (unpaired) electrons. The first-order valence-corrected chi connectivity index (χ1v) is 4.40. The van der Waals surface area contributed by atoms with E-state index in [4.69, 9.17) is 5.26 Å². The minimum atomic E-state index is 0.298. The lowest BCUT2D eigenvalue weighted by Gasteiger charge is -1.98. The van der Waals surface area contributed by atoms with Crippen LogP contribution in [0.25, 0.3) is 5.82 Å². The van der Waals surface area contributed by atoms with Gasteiger partial charge in [-0.25, -0.2) is 4.98 Å².